The van der Waals surface area contributed by atoms with Crippen LogP contribution in [0.1, 0.15) is 40.5 Å². The van der Waals surface area contributed by atoms with Crippen LogP contribution in [0.4, 0.5) is 4.79 Å². The molecule has 2 atom stereocenters. The Bertz CT molecular complexity index is 409. The summed E-state index contributed by atoms with van der Waals surface area (Å²) in [4.78, 5) is 25.1. The molecule has 1 fully saturated rings. The predicted molar refractivity (Wildman–Crippen MR) is 73.7 cm³/mol. The fraction of sp³-hybridized carbons (Fsp3) is 0.786. The molecule has 20 heavy (non-hydrogen) atoms. The van der Waals surface area contributed by atoms with Gasteiger partial charge in [-0.2, -0.15) is 5.26 Å². The molecule has 1 aliphatic rings. The van der Waals surface area contributed by atoms with Crippen molar-refractivity contribution in [3.05, 3.63) is 0 Å². The minimum Gasteiger partial charge on any atom is -0.444 e. The summed E-state index contributed by atoms with van der Waals surface area (Å²) in [5.41, 5.74) is -0.543. The van der Waals surface area contributed by atoms with E-state index in [1.807, 2.05) is 13.0 Å². The molecule has 0 bridgehead atoms. The average molecular weight is 281 g/mol. The van der Waals surface area contributed by atoms with Crippen LogP contribution in [-0.4, -0.2) is 41.6 Å². The molecule has 6 nitrogen and oxygen atoms in total. The number of nitriles is 1. The van der Waals surface area contributed by atoms with E-state index in [0.717, 1.165) is 6.42 Å². The van der Waals surface area contributed by atoms with E-state index in [0.29, 0.717) is 13.1 Å². The number of carbonyl (C=O) groups excluding carboxylic acids is 2. The number of nitrogens with zero attached hydrogens (tertiary/aromatic N) is 2. The lowest BCUT2D eigenvalue weighted by molar-refractivity contribution is -0.132. The van der Waals surface area contributed by atoms with Gasteiger partial charge in [0, 0.05) is 13.1 Å². The molecule has 2 amide bonds. The van der Waals surface area contributed by atoms with E-state index in [1.165, 1.54) is 0 Å². The average Bonchev–Trinajstić information content (AvgIpc) is 2.29. The summed E-state index contributed by atoms with van der Waals surface area (Å²) in [5, 5.41) is 11.4. The molecule has 0 aliphatic carbocycles. The second-order valence-corrected chi connectivity index (χ2v) is 6.19. The number of hydrogen-bond donors (Lipinski definition) is 1. The Kier molecular flexibility index (Phi) is 5.37. The predicted octanol–water partition coefficient (Wildman–Crippen LogP) is 1.66. The minimum atomic E-state index is -0.543. The smallest absolute Gasteiger partial charge is 0.407 e. The maximum atomic E-state index is 11.8. The van der Waals surface area contributed by atoms with Gasteiger partial charge in [0.25, 0.3) is 0 Å². The van der Waals surface area contributed by atoms with Crippen molar-refractivity contribution in [2.24, 2.45) is 5.92 Å². The van der Waals surface area contributed by atoms with Crippen molar-refractivity contribution < 1.29 is 14.3 Å². The van der Waals surface area contributed by atoms with Crippen LogP contribution in [0.25, 0.3) is 0 Å². The van der Waals surface area contributed by atoms with E-state index in [-0.39, 0.29) is 24.3 Å². The first kappa shape index (κ1) is 16.3. The van der Waals surface area contributed by atoms with E-state index in [2.05, 4.69) is 5.32 Å². The molecular weight excluding hydrogens is 258 g/mol. The Balaban J connectivity index is 2.57. The van der Waals surface area contributed by atoms with E-state index < -0.39 is 11.7 Å². The summed E-state index contributed by atoms with van der Waals surface area (Å²) >= 11 is 0. The molecule has 1 N–H and O–H groups in total. The normalized spacial score (nSPS) is 22.9. The van der Waals surface area contributed by atoms with Gasteiger partial charge in [-0.15, -0.1) is 0 Å². The summed E-state index contributed by atoms with van der Waals surface area (Å²) in [5.74, 6) is 0.0871. The van der Waals surface area contributed by atoms with Crippen LogP contribution < -0.4 is 5.32 Å². The Morgan fingerprint density at radius 3 is 2.65 bits per heavy atom. The molecule has 0 aromatic rings. The number of alkyl carbamates (subject to hydrolysis) is 1. The van der Waals surface area contributed by atoms with Crippen LogP contribution >= 0.6 is 0 Å². The van der Waals surface area contributed by atoms with Gasteiger partial charge in [0.1, 0.15) is 12.0 Å². The van der Waals surface area contributed by atoms with Gasteiger partial charge in [-0.05, 0) is 33.1 Å². The molecule has 1 rings (SSSR count). The van der Waals surface area contributed by atoms with Gasteiger partial charge in [-0.25, -0.2) is 4.79 Å². The van der Waals surface area contributed by atoms with Crippen LogP contribution in [-0.2, 0) is 9.53 Å². The topological polar surface area (TPSA) is 82.4 Å². The number of rotatable bonds is 2. The standard InChI is InChI=1S/C14H23N3O3/c1-10-6-8-17(12(18)5-7-15)9-11(10)16-13(19)20-14(2,3)4/h10-11H,5-6,8-9H2,1-4H3,(H,16,19). The largest absolute Gasteiger partial charge is 0.444 e. The molecule has 0 spiro atoms. The number of piperidine rings is 1. The highest BCUT2D eigenvalue weighted by atomic mass is 16.6. The summed E-state index contributed by atoms with van der Waals surface area (Å²) in [6.45, 7) is 8.52. The number of likely N-dealkylation sites (tertiary alicyclic amines) is 1. The SMILES string of the molecule is CC1CCN(C(=O)CC#N)CC1NC(=O)OC(C)(C)C. The quantitative estimate of drug-likeness (QED) is 0.834. The molecule has 0 aromatic heterocycles. The molecule has 1 heterocycles. The van der Waals surface area contributed by atoms with Crippen molar-refractivity contribution in [2.75, 3.05) is 13.1 Å². The van der Waals surface area contributed by atoms with Crippen molar-refractivity contribution >= 4 is 12.0 Å². The van der Waals surface area contributed by atoms with Gasteiger partial charge >= 0.3 is 6.09 Å². The highest BCUT2D eigenvalue weighted by Gasteiger charge is 2.30. The summed E-state index contributed by atoms with van der Waals surface area (Å²) in [6, 6.07) is 1.72. The first-order valence-corrected chi connectivity index (χ1v) is 6.87. The van der Waals surface area contributed by atoms with Gasteiger partial charge < -0.3 is 15.0 Å². The zero-order valence-electron chi connectivity index (χ0n) is 12.6. The van der Waals surface area contributed by atoms with Gasteiger partial charge in [-0.1, -0.05) is 6.92 Å². The lowest BCUT2D eigenvalue weighted by Gasteiger charge is -2.37. The third-order valence-electron chi connectivity index (χ3n) is 3.24. The highest BCUT2D eigenvalue weighted by Crippen LogP contribution is 2.18. The number of carbonyl (C=O) groups is 2. The van der Waals surface area contributed by atoms with E-state index in [1.54, 1.807) is 25.7 Å². The lowest BCUT2D eigenvalue weighted by Crippen LogP contribution is -2.54. The zero-order chi connectivity index (χ0) is 15.3. The lowest BCUT2D eigenvalue weighted by atomic mass is 9.93. The van der Waals surface area contributed by atoms with Gasteiger partial charge in [-0.3, -0.25) is 4.79 Å². The summed E-state index contributed by atoms with van der Waals surface area (Å²) < 4.78 is 5.23. The Labute approximate surface area is 120 Å². The summed E-state index contributed by atoms with van der Waals surface area (Å²) in [7, 11) is 0. The molecule has 6 heteroatoms. The molecule has 1 saturated heterocycles. The van der Waals surface area contributed by atoms with E-state index in [9.17, 15) is 9.59 Å². The maximum absolute atomic E-state index is 11.8. The molecule has 0 aromatic carbocycles. The highest BCUT2D eigenvalue weighted by molar-refractivity contribution is 5.78. The first-order valence-electron chi connectivity index (χ1n) is 6.87. The van der Waals surface area contributed by atoms with Crippen molar-refractivity contribution in [1.82, 2.24) is 10.2 Å². The van der Waals surface area contributed by atoms with Gasteiger partial charge in [0.05, 0.1) is 12.1 Å². The second kappa shape index (κ2) is 6.60. The van der Waals surface area contributed by atoms with Crippen LogP contribution in [0.3, 0.4) is 0 Å². The van der Waals surface area contributed by atoms with Gasteiger partial charge in [0.2, 0.25) is 5.91 Å². The molecule has 1 aliphatic heterocycles. The van der Waals surface area contributed by atoms with Gasteiger partial charge in [0.15, 0.2) is 0 Å². The molecule has 0 radical (unpaired) electrons. The van der Waals surface area contributed by atoms with Crippen molar-refractivity contribution in [3.8, 4) is 6.07 Å². The van der Waals surface area contributed by atoms with Crippen LogP contribution in [0.15, 0.2) is 0 Å². The summed E-state index contributed by atoms with van der Waals surface area (Å²) in [6.07, 6.45) is 0.217. The monoisotopic (exact) mass is 281 g/mol. The van der Waals surface area contributed by atoms with E-state index in [4.69, 9.17) is 10.00 Å². The number of hydrogen-bond acceptors (Lipinski definition) is 4. The number of ether oxygens (including phenoxy) is 1. The Morgan fingerprint density at radius 2 is 2.10 bits per heavy atom. The fourth-order valence-electron chi connectivity index (χ4n) is 2.12. The Morgan fingerprint density at radius 1 is 1.45 bits per heavy atom. The molecule has 0 saturated carbocycles. The number of nitrogens with one attached hydrogen (secondary N) is 1. The molecular formula is C14H23N3O3. The van der Waals surface area contributed by atoms with Crippen LogP contribution in [0.2, 0.25) is 0 Å². The van der Waals surface area contributed by atoms with Crippen molar-refractivity contribution in [2.45, 2.75) is 52.2 Å². The minimum absolute atomic E-state index is 0.118. The molecule has 112 valence electrons. The third kappa shape index (κ3) is 5.08. The number of amides is 2. The third-order valence-corrected chi connectivity index (χ3v) is 3.24. The second-order valence-electron chi connectivity index (χ2n) is 6.19. The first-order chi connectivity index (χ1) is 9.23. The molecule has 2 unspecified atom stereocenters. The van der Waals surface area contributed by atoms with Crippen LogP contribution in [0, 0.1) is 17.2 Å². The van der Waals surface area contributed by atoms with Crippen molar-refractivity contribution in [1.29, 1.82) is 5.26 Å². The zero-order valence-corrected chi connectivity index (χ0v) is 12.6. The Hall–Kier alpha value is -1.77. The van der Waals surface area contributed by atoms with E-state index >= 15 is 0 Å². The van der Waals surface area contributed by atoms with Crippen LogP contribution in [0.5, 0.6) is 0 Å². The fourth-order valence-corrected chi connectivity index (χ4v) is 2.12. The maximum Gasteiger partial charge on any atom is 0.407 e. The van der Waals surface area contributed by atoms with Crippen molar-refractivity contribution in [3.63, 3.8) is 0 Å².